The van der Waals surface area contributed by atoms with Crippen LogP contribution in [0.5, 0.6) is 0 Å². The van der Waals surface area contributed by atoms with Gasteiger partial charge in [-0.2, -0.15) is 5.11 Å². The second-order valence-corrected chi connectivity index (χ2v) is 3.54. The van der Waals surface area contributed by atoms with Crippen LogP contribution in [0.15, 0.2) is 0 Å². The van der Waals surface area contributed by atoms with Gasteiger partial charge in [0, 0.05) is 6.92 Å². The molecular formula is C8H14NO6. The average Bonchev–Trinajstić information content (AvgIpc) is 2.09. The Bertz CT molecular complexity index is 247. The molecule has 0 spiro atoms. The lowest BCUT2D eigenvalue weighted by Gasteiger charge is -2.40. The Hall–Kier alpha value is -0.730. The number of nitrogens with one attached hydrogen (secondary N) is 1. The zero-order valence-electron chi connectivity index (χ0n) is 8.21. The van der Waals surface area contributed by atoms with Crippen LogP contribution in [0.2, 0.25) is 0 Å². The van der Waals surface area contributed by atoms with Gasteiger partial charge < -0.3 is 25.4 Å². The quantitative estimate of drug-likeness (QED) is 0.390. The molecule has 1 heterocycles. The molecule has 1 radical (unpaired) electrons. The van der Waals surface area contributed by atoms with Crippen molar-refractivity contribution in [2.45, 2.75) is 37.6 Å². The summed E-state index contributed by atoms with van der Waals surface area (Å²) >= 11 is 0. The molecule has 0 aromatic carbocycles. The average molecular weight is 220 g/mol. The minimum Gasteiger partial charge on any atom is -0.394 e. The lowest BCUT2D eigenvalue weighted by atomic mass is 9.99. The molecular weight excluding hydrogens is 206 g/mol. The van der Waals surface area contributed by atoms with Crippen LogP contribution in [-0.2, 0) is 14.6 Å². The molecule has 0 aromatic heterocycles. The molecule has 0 aromatic rings. The van der Waals surface area contributed by atoms with Crippen LogP contribution in [-0.4, -0.2) is 52.1 Å². The minimum absolute atomic E-state index is 0.468. The van der Waals surface area contributed by atoms with E-state index in [1.807, 2.05) is 5.32 Å². The molecule has 1 aliphatic rings. The number of amides is 1. The van der Waals surface area contributed by atoms with Crippen molar-refractivity contribution in [3.05, 3.63) is 0 Å². The lowest BCUT2D eigenvalue weighted by molar-refractivity contribution is -0.337. The smallest absolute Gasteiger partial charge is 0.284 e. The summed E-state index contributed by atoms with van der Waals surface area (Å²) in [5, 5.41) is 41.1. The van der Waals surface area contributed by atoms with Gasteiger partial charge >= 0.3 is 0 Å². The van der Waals surface area contributed by atoms with Gasteiger partial charge in [0.1, 0.15) is 12.2 Å². The van der Waals surface area contributed by atoms with Gasteiger partial charge in [-0.05, 0) is 0 Å². The first-order valence-corrected chi connectivity index (χ1v) is 4.52. The predicted octanol–water partition coefficient (Wildman–Crippen LogP) is -2.29. The summed E-state index contributed by atoms with van der Waals surface area (Å²) < 4.78 is 4.77. The summed E-state index contributed by atoms with van der Waals surface area (Å²) in [7, 11) is 0. The van der Waals surface area contributed by atoms with E-state index in [0.29, 0.717) is 0 Å². The number of carbonyl (C=O) groups is 1. The molecule has 7 nitrogen and oxygen atoms in total. The highest BCUT2D eigenvalue weighted by molar-refractivity contribution is 5.73. The van der Waals surface area contributed by atoms with Gasteiger partial charge in [-0.15, -0.1) is 0 Å². The van der Waals surface area contributed by atoms with Crippen molar-refractivity contribution in [2.75, 3.05) is 6.61 Å². The van der Waals surface area contributed by atoms with Crippen molar-refractivity contribution in [3.63, 3.8) is 0 Å². The number of rotatable bonds is 2. The molecule has 1 fully saturated rings. The summed E-state index contributed by atoms with van der Waals surface area (Å²) in [6.45, 7) is 0.524. The fraction of sp³-hybridized carbons (Fsp3) is 0.875. The summed E-state index contributed by atoms with van der Waals surface area (Å²) in [4.78, 5) is 10.7. The van der Waals surface area contributed by atoms with Crippen molar-refractivity contribution in [1.82, 2.24) is 5.32 Å². The zero-order valence-corrected chi connectivity index (χ0v) is 8.21. The second-order valence-electron chi connectivity index (χ2n) is 3.54. The molecule has 4 N–H and O–H groups in total. The molecule has 1 rings (SSSR count). The van der Waals surface area contributed by atoms with Crippen molar-refractivity contribution >= 4 is 5.91 Å². The molecule has 0 aliphatic carbocycles. The van der Waals surface area contributed by atoms with Gasteiger partial charge in [0.2, 0.25) is 5.91 Å². The van der Waals surface area contributed by atoms with Crippen molar-refractivity contribution in [2.24, 2.45) is 0 Å². The van der Waals surface area contributed by atoms with Crippen LogP contribution in [0.3, 0.4) is 0 Å². The standard InChI is InChI=1S/C8H14NO6/c1-4(11)9-8(14)2-5(12)7(13)6(3-10)15-8/h5-7,10,12-13H,2-3H2,1H3,(H,9,11)/t5-,6-,7+,8?/m1/s1. The first-order chi connectivity index (χ1) is 6.88. The van der Waals surface area contributed by atoms with Gasteiger partial charge in [-0.3, -0.25) is 4.79 Å². The summed E-state index contributed by atoms with van der Waals surface area (Å²) in [6, 6.07) is 0. The highest BCUT2D eigenvalue weighted by atomic mass is 16.7. The van der Waals surface area contributed by atoms with E-state index in [4.69, 9.17) is 9.84 Å². The van der Waals surface area contributed by atoms with Crippen LogP contribution < -0.4 is 5.32 Å². The third-order valence-electron chi connectivity index (χ3n) is 2.14. The van der Waals surface area contributed by atoms with E-state index < -0.39 is 43.2 Å². The zero-order chi connectivity index (χ0) is 11.6. The van der Waals surface area contributed by atoms with E-state index in [-0.39, 0.29) is 0 Å². The monoisotopic (exact) mass is 220 g/mol. The molecule has 0 bridgehead atoms. The van der Waals surface area contributed by atoms with Crippen LogP contribution in [0, 0.1) is 0 Å². The maximum Gasteiger partial charge on any atom is 0.284 e. The van der Waals surface area contributed by atoms with Crippen LogP contribution >= 0.6 is 0 Å². The third-order valence-corrected chi connectivity index (χ3v) is 2.14. The van der Waals surface area contributed by atoms with Gasteiger partial charge in [0.25, 0.3) is 5.91 Å². The Morgan fingerprint density at radius 1 is 1.60 bits per heavy atom. The molecule has 1 saturated heterocycles. The summed E-state index contributed by atoms with van der Waals surface area (Å²) in [5.41, 5.74) is 0. The SMILES string of the molecule is CC(=O)NC1([O])C[C@@H](O)[C@H](O)[C@@H](CO)O1. The van der Waals surface area contributed by atoms with E-state index in [9.17, 15) is 20.1 Å². The maximum atomic E-state index is 11.7. The van der Waals surface area contributed by atoms with Gasteiger partial charge in [0.15, 0.2) is 0 Å². The first-order valence-electron chi connectivity index (χ1n) is 4.52. The van der Waals surface area contributed by atoms with Crippen molar-refractivity contribution in [1.29, 1.82) is 0 Å². The van der Waals surface area contributed by atoms with E-state index >= 15 is 0 Å². The fourth-order valence-corrected chi connectivity index (χ4v) is 1.50. The number of aliphatic hydroxyl groups excluding tert-OH is 3. The predicted molar refractivity (Wildman–Crippen MR) is 45.8 cm³/mol. The minimum atomic E-state index is -2.29. The fourth-order valence-electron chi connectivity index (χ4n) is 1.50. The van der Waals surface area contributed by atoms with Crippen LogP contribution in [0.1, 0.15) is 13.3 Å². The lowest BCUT2D eigenvalue weighted by Crippen LogP contribution is -2.62. The Morgan fingerprint density at radius 2 is 2.20 bits per heavy atom. The van der Waals surface area contributed by atoms with E-state index in [1.54, 1.807) is 0 Å². The number of carbonyl (C=O) groups excluding carboxylic acids is 1. The highest BCUT2D eigenvalue weighted by Crippen LogP contribution is 2.25. The largest absolute Gasteiger partial charge is 0.394 e. The Balaban J connectivity index is 2.73. The number of hydrogen-bond donors (Lipinski definition) is 4. The maximum absolute atomic E-state index is 11.7. The Kier molecular flexibility index (Phi) is 3.63. The Morgan fingerprint density at radius 3 is 2.67 bits per heavy atom. The van der Waals surface area contributed by atoms with Gasteiger partial charge in [-0.1, -0.05) is 0 Å². The van der Waals surface area contributed by atoms with Crippen molar-refractivity contribution < 1.29 is 30.0 Å². The topological polar surface area (TPSA) is 119 Å². The van der Waals surface area contributed by atoms with Crippen LogP contribution in [0.4, 0.5) is 0 Å². The normalized spacial score (nSPS) is 41.3. The van der Waals surface area contributed by atoms with Crippen LogP contribution in [0.25, 0.3) is 0 Å². The molecule has 7 heteroatoms. The summed E-state index contributed by atoms with van der Waals surface area (Å²) in [6.07, 6.45) is -4.33. The number of hydrogen-bond acceptors (Lipinski definition) is 5. The highest BCUT2D eigenvalue weighted by Gasteiger charge is 2.47. The molecule has 0 saturated carbocycles. The molecule has 87 valence electrons. The molecule has 1 unspecified atom stereocenters. The third kappa shape index (κ3) is 2.86. The molecule has 4 atom stereocenters. The molecule has 1 aliphatic heterocycles. The summed E-state index contributed by atoms with van der Waals surface area (Å²) in [5.74, 6) is -2.90. The number of ether oxygens (including phenoxy) is 1. The number of aliphatic hydroxyl groups is 3. The molecule has 1 amide bonds. The Labute approximate surface area is 86.3 Å². The molecule has 15 heavy (non-hydrogen) atoms. The second kappa shape index (κ2) is 4.42. The van der Waals surface area contributed by atoms with E-state index in [0.717, 1.165) is 6.92 Å². The van der Waals surface area contributed by atoms with Gasteiger partial charge in [0.05, 0.1) is 19.1 Å². The van der Waals surface area contributed by atoms with E-state index in [2.05, 4.69) is 0 Å². The van der Waals surface area contributed by atoms with Gasteiger partial charge in [-0.25, -0.2) is 0 Å². The first kappa shape index (κ1) is 12.3. The van der Waals surface area contributed by atoms with Crippen molar-refractivity contribution in [3.8, 4) is 0 Å². The van der Waals surface area contributed by atoms with E-state index in [1.165, 1.54) is 0 Å².